The lowest BCUT2D eigenvalue weighted by atomic mass is 10.1. The topological polar surface area (TPSA) is 105 Å². The van der Waals surface area contributed by atoms with Crippen LogP contribution < -0.4 is 10.1 Å². The van der Waals surface area contributed by atoms with E-state index in [1.807, 2.05) is 12.1 Å². The number of anilines is 1. The van der Waals surface area contributed by atoms with Crippen molar-refractivity contribution in [2.24, 2.45) is 0 Å². The summed E-state index contributed by atoms with van der Waals surface area (Å²) in [5, 5.41) is 22.8. The van der Waals surface area contributed by atoms with Gasteiger partial charge < -0.3 is 10.1 Å². The Balaban J connectivity index is 2.13. The Hall–Kier alpha value is -3.66. The number of para-hydroxylation sites is 1. The first kappa shape index (κ1) is 21.6. The van der Waals surface area contributed by atoms with E-state index in [0.29, 0.717) is 17.9 Å². The van der Waals surface area contributed by atoms with Gasteiger partial charge in [0.15, 0.2) is 0 Å². The van der Waals surface area contributed by atoms with E-state index in [2.05, 4.69) is 12.2 Å². The molecule has 0 aliphatic carbocycles. The van der Waals surface area contributed by atoms with Crippen LogP contribution in [0.2, 0.25) is 0 Å². The number of hydrogen-bond acceptors (Lipinski definition) is 5. The van der Waals surface area contributed by atoms with Crippen LogP contribution >= 0.6 is 0 Å². The van der Waals surface area contributed by atoms with Crippen molar-refractivity contribution in [3.8, 4) is 11.8 Å². The number of carbonyl (C=O) groups is 1. The molecule has 0 saturated carbocycles. The maximum Gasteiger partial charge on any atom is 0.271 e. The molecule has 7 heteroatoms. The summed E-state index contributed by atoms with van der Waals surface area (Å²) in [6.45, 7) is 2.70. The maximum absolute atomic E-state index is 12.5. The quantitative estimate of drug-likeness (QED) is 0.199. The number of amides is 1. The molecule has 0 unspecified atom stereocenters. The molecule has 0 saturated heterocycles. The van der Waals surface area contributed by atoms with Gasteiger partial charge in [-0.15, -0.1) is 0 Å². The number of nitriles is 1. The molecule has 2 rings (SSSR count). The number of nitrogens with zero attached hydrogens (tertiary/aromatic N) is 2. The second kappa shape index (κ2) is 11.2. The predicted molar refractivity (Wildman–Crippen MR) is 111 cm³/mol. The lowest BCUT2D eigenvalue weighted by Crippen LogP contribution is -2.13. The van der Waals surface area contributed by atoms with Gasteiger partial charge in [-0.25, -0.2) is 0 Å². The molecule has 0 atom stereocenters. The first-order valence-electron chi connectivity index (χ1n) is 9.44. The summed E-state index contributed by atoms with van der Waals surface area (Å²) in [5.41, 5.74) is 0.588. The van der Waals surface area contributed by atoms with Crippen LogP contribution in [0.5, 0.6) is 5.75 Å². The number of non-ortho nitro benzene ring substituents is 1. The Morgan fingerprint density at radius 2 is 2.00 bits per heavy atom. The van der Waals surface area contributed by atoms with Crippen LogP contribution in [0.1, 0.15) is 38.2 Å². The van der Waals surface area contributed by atoms with Gasteiger partial charge in [-0.1, -0.05) is 50.5 Å². The Labute approximate surface area is 169 Å². The van der Waals surface area contributed by atoms with Gasteiger partial charge in [0.25, 0.3) is 11.6 Å². The fraction of sp³-hybridized carbons (Fsp3) is 0.273. The van der Waals surface area contributed by atoms with E-state index in [-0.39, 0.29) is 16.9 Å². The average molecular weight is 393 g/mol. The Morgan fingerprint density at radius 1 is 1.21 bits per heavy atom. The highest BCUT2D eigenvalue weighted by molar-refractivity contribution is 6.09. The molecule has 0 aromatic heterocycles. The zero-order valence-corrected chi connectivity index (χ0v) is 16.3. The van der Waals surface area contributed by atoms with Crippen LogP contribution in [-0.4, -0.2) is 17.4 Å². The fourth-order valence-corrected chi connectivity index (χ4v) is 2.64. The molecule has 7 nitrogen and oxygen atoms in total. The summed E-state index contributed by atoms with van der Waals surface area (Å²) in [7, 11) is 0. The third-order valence-electron chi connectivity index (χ3n) is 4.15. The van der Waals surface area contributed by atoms with Gasteiger partial charge in [0.05, 0.1) is 11.5 Å². The highest BCUT2D eigenvalue weighted by Crippen LogP contribution is 2.23. The summed E-state index contributed by atoms with van der Waals surface area (Å²) in [5.74, 6) is -0.0503. The second-order valence-electron chi connectivity index (χ2n) is 6.38. The molecular formula is C22H23N3O4. The van der Waals surface area contributed by atoms with E-state index in [4.69, 9.17) is 4.74 Å². The van der Waals surface area contributed by atoms with Crippen LogP contribution in [-0.2, 0) is 4.79 Å². The van der Waals surface area contributed by atoms with Crippen molar-refractivity contribution in [1.82, 2.24) is 0 Å². The highest BCUT2D eigenvalue weighted by atomic mass is 16.6. The third kappa shape index (κ3) is 6.78. The van der Waals surface area contributed by atoms with Crippen LogP contribution in [0, 0.1) is 21.4 Å². The molecule has 0 heterocycles. The van der Waals surface area contributed by atoms with Gasteiger partial charge in [0, 0.05) is 23.4 Å². The zero-order chi connectivity index (χ0) is 21.1. The molecule has 0 aliphatic rings. The van der Waals surface area contributed by atoms with Crippen LogP contribution in [0.4, 0.5) is 11.4 Å². The molecule has 29 heavy (non-hydrogen) atoms. The lowest BCUT2D eigenvalue weighted by molar-refractivity contribution is -0.384. The van der Waals surface area contributed by atoms with Crippen LogP contribution in [0.3, 0.4) is 0 Å². The third-order valence-corrected chi connectivity index (χ3v) is 4.15. The van der Waals surface area contributed by atoms with Gasteiger partial charge in [0.2, 0.25) is 0 Å². The van der Waals surface area contributed by atoms with E-state index in [0.717, 1.165) is 25.7 Å². The SMILES string of the molecule is CCCCCCOc1ccccc1/C=C(\C#N)C(=O)Nc1cccc([N+](=O)[O-])c1. The van der Waals surface area contributed by atoms with Crippen molar-refractivity contribution in [1.29, 1.82) is 5.26 Å². The molecule has 150 valence electrons. The minimum Gasteiger partial charge on any atom is -0.493 e. The Kier molecular flexibility index (Phi) is 8.39. The van der Waals surface area contributed by atoms with E-state index in [1.54, 1.807) is 18.2 Å². The summed E-state index contributed by atoms with van der Waals surface area (Å²) in [6, 6.07) is 14.6. The minimum atomic E-state index is -0.647. The molecule has 0 aliphatic heterocycles. The van der Waals surface area contributed by atoms with E-state index < -0.39 is 10.8 Å². The molecule has 0 fully saturated rings. The molecular weight excluding hydrogens is 370 g/mol. The van der Waals surface area contributed by atoms with Gasteiger partial charge in [-0.05, 0) is 24.6 Å². The highest BCUT2D eigenvalue weighted by Gasteiger charge is 2.13. The average Bonchev–Trinajstić information content (AvgIpc) is 2.72. The summed E-state index contributed by atoms with van der Waals surface area (Å²) in [4.78, 5) is 22.8. The number of nitrogens with one attached hydrogen (secondary N) is 1. The summed E-state index contributed by atoms with van der Waals surface area (Å²) >= 11 is 0. The molecule has 0 spiro atoms. The van der Waals surface area contributed by atoms with Gasteiger partial charge in [-0.2, -0.15) is 5.26 Å². The summed E-state index contributed by atoms with van der Waals surface area (Å²) in [6.07, 6.45) is 5.77. The molecule has 1 amide bonds. The Bertz CT molecular complexity index is 932. The smallest absolute Gasteiger partial charge is 0.271 e. The number of hydrogen-bond donors (Lipinski definition) is 1. The van der Waals surface area contributed by atoms with Gasteiger partial charge in [-0.3, -0.25) is 14.9 Å². The van der Waals surface area contributed by atoms with Crippen molar-refractivity contribution in [3.05, 3.63) is 69.8 Å². The number of unbranched alkanes of at least 4 members (excludes halogenated alkanes) is 3. The van der Waals surface area contributed by atoms with Crippen molar-refractivity contribution in [3.63, 3.8) is 0 Å². The van der Waals surface area contributed by atoms with Crippen molar-refractivity contribution >= 4 is 23.4 Å². The standard InChI is InChI=1S/C22H23N3O4/c1-2-3-4-7-13-29-21-12-6-5-9-17(21)14-18(16-23)22(26)24-19-10-8-11-20(15-19)25(27)28/h5-6,8-12,14-15H,2-4,7,13H2,1H3,(H,24,26)/b18-14+. The maximum atomic E-state index is 12.5. The fourth-order valence-electron chi connectivity index (χ4n) is 2.64. The van der Waals surface area contributed by atoms with Gasteiger partial charge in [0.1, 0.15) is 17.4 Å². The number of nitro benzene ring substituents is 1. The normalized spacial score (nSPS) is 10.8. The van der Waals surface area contributed by atoms with Gasteiger partial charge >= 0.3 is 0 Å². The van der Waals surface area contributed by atoms with Crippen LogP contribution in [0.15, 0.2) is 54.1 Å². The first-order valence-corrected chi connectivity index (χ1v) is 9.44. The minimum absolute atomic E-state index is 0.126. The number of nitro groups is 1. The molecule has 0 radical (unpaired) electrons. The van der Waals surface area contributed by atoms with Crippen molar-refractivity contribution in [2.75, 3.05) is 11.9 Å². The first-order chi connectivity index (χ1) is 14.0. The lowest BCUT2D eigenvalue weighted by Gasteiger charge is -2.10. The van der Waals surface area contributed by atoms with Crippen LogP contribution in [0.25, 0.3) is 6.08 Å². The molecule has 2 aromatic carbocycles. The number of benzene rings is 2. The number of carbonyl (C=O) groups excluding carboxylic acids is 1. The molecule has 0 bridgehead atoms. The largest absolute Gasteiger partial charge is 0.493 e. The second-order valence-corrected chi connectivity index (χ2v) is 6.38. The summed E-state index contributed by atoms with van der Waals surface area (Å²) < 4.78 is 5.81. The predicted octanol–water partition coefficient (Wildman–Crippen LogP) is 5.10. The van der Waals surface area contributed by atoms with E-state index >= 15 is 0 Å². The molecule has 1 N–H and O–H groups in total. The van der Waals surface area contributed by atoms with E-state index in [9.17, 15) is 20.2 Å². The Morgan fingerprint density at radius 3 is 2.72 bits per heavy atom. The number of rotatable bonds is 10. The van der Waals surface area contributed by atoms with Crippen molar-refractivity contribution in [2.45, 2.75) is 32.6 Å². The van der Waals surface area contributed by atoms with Crippen molar-refractivity contribution < 1.29 is 14.5 Å². The monoisotopic (exact) mass is 393 g/mol. The zero-order valence-electron chi connectivity index (χ0n) is 16.3. The number of ether oxygens (including phenoxy) is 1. The molecule has 2 aromatic rings. The van der Waals surface area contributed by atoms with E-state index in [1.165, 1.54) is 30.3 Å².